The van der Waals surface area contributed by atoms with Crippen LogP contribution in [0.4, 0.5) is 10.1 Å². The summed E-state index contributed by atoms with van der Waals surface area (Å²) in [5.41, 5.74) is 1.97. The Hall–Kier alpha value is -4.34. The maximum atomic E-state index is 14.1. The van der Waals surface area contributed by atoms with Crippen molar-refractivity contribution in [1.82, 2.24) is 19.6 Å². The van der Waals surface area contributed by atoms with Crippen LogP contribution in [0, 0.1) is 5.82 Å². The number of rotatable bonds is 5. The van der Waals surface area contributed by atoms with Crippen molar-refractivity contribution in [3.63, 3.8) is 0 Å². The van der Waals surface area contributed by atoms with Crippen molar-refractivity contribution in [2.24, 2.45) is 0 Å². The van der Waals surface area contributed by atoms with Crippen molar-refractivity contribution in [3.8, 4) is 34.5 Å². The van der Waals surface area contributed by atoms with Gasteiger partial charge in [0.2, 0.25) is 18.5 Å². The van der Waals surface area contributed by atoms with E-state index in [9.17, 15) is 9.18 Å². The topological polar surface area (TPSA) is 85.9 Å². The highest BCUT2D eigenvalue weighted by Gasteiger charge is 2.24. The predicted molar refractivity (Wildman–Crippen MR) is 124 cm³/mol. The molecule has 6 rings (SSSR count). The van der Waals surface area contributed by atoms with Gasteiger partial charge < -0.3 is 28.4 Å². The van der Waals surface area contributed by atoms with E-state index in [1.54, 1.807) is 33.7 Å². The molecule has 2 aliphatic rings. The van der Waals surface area contributed by atoms with Crippen LogP contribution < -0.4 is 14.4 Å². The molecular formula is C25H22FN5O4. The van der Waals surface area contributed by atoms with Crippen molar-refractivity contribution in [3.05, 3.63) is 66.6 Å². The molecule has 2 aromatic carbocycles. The molecule has 4 heterocycles. The number of hydrogen-bond acceptors (Lipinski definition) is 7. The Labute approximate surface area is 200 Å². The van der Waals surface area contributed by atoms with Gasteiger partial charge in [-0.05, 0) is 42.5 Å². The average Bonchev–Trinajstić information content (AvgIpc) is 3.64. The van der Waals surface area contributed by atoms with Crippen LogP contribution in [0.25, 0.3) is 23.0 Å². The first-order chi connectivity index (χ1) is 17.2. The molecule has 0 radical (unpaired) electrons. The fourth-order valence-electron chi connectivity index (χ4n) is 4.38. The van der Waals surface area contributed by atoms with Crippen LogP contribution in [0.1, 0.15) is 0 Å². The molecule has 0 unspecified atom stereocenters. The number of aromatic nitrogens is 3. The molecule has 0 saturated carbocycles. The summed E-state index contributed by atoms with van der Waals surface area (Å²) in [5, 5.41) is 4.09. The second-order valence-corrected chi connectivity index (χ2v) is 8.33. The first-order valence-corrected chi connectivity index (χ1v) is 11.3. The Balaban J connectivity index is 1.13. The molecule has 10 heteroatoms. The van der Waals surface area contributed by atoms with Gasteiger partial charge in [0, 0.05) is 37.9 Å². The maximum Gasteiger partial charge on any atom is 0.274 e. The van der Waals surface area contributed by atoms with E-state index in [0.717, 1.165) is 5.56 Å². The van der Waals surface area contributed by atoms with E-state index >= 15 is 0 Å². The number of benzene rings is 2. The molecule has 1 saturated heterocycles. The number of hydrogen-bond donors (Lipinski definition) is 0. The minimum atomic E-state index is -0.246. The third-order valence-corrected chi connectivity index (χ3v) is 6.24. The molecule has 2 aliphatic heterocycles. The Morgan fingerprint density at radius 1 is 0.971 bits per heavy atom. The third kappa shape index (κ3) is 4.07. The van der Waals surface area contributed by atoms with Crippen LogP contribution in [0.3, 0.4) is 0 Å². The van der Waals surface area contributed by atoms with Gasteiger partial charge in [-0.3, -0.25) is 4.79 Å². The Morgan fingerprint density at radius 3 is 2.66 bits per heavy atom. The average molecular weight is 475 g/mol. The van der Waals surface area contributed by atoms with E-state index in [-0.39, 0.29) is 25.1 Å². The zero-order valence-corrected chi connectivity index (χ0v) is 18.8. The van der Waals surface area contributed by atoms with Gasteiger partial charge in [-0.15, -0.1) is 0 Å². The first-order valence-electron chi connectivity index (χ1n) is 11.3. The van der Waals surface area contributed by atoms with Gasteiger partial charge in [-0.2, -0.15) is 4.98 Å². The Kier molecular flexibility index (Phi) is 5.32. The highest BCUT2D eigenvalue weighted by molar-refractivity contribution is 5.77. The van der Waals surface area contributed by atoms with Crippen LogP contribution >= 0.6 is 0 Å². The molecule has 35 heavy (non-hydrogen) atoms. The fraction of sp³-hybridized carbons (Fsp3) is 0.240. The van der Waals surface area contributed by atoms with Gasteiger partial charge >= 0.3 is 0 Å². The number of amides is 1. The molecule has 0 aliphatic carbocycles. The summed E-state index contributed by atoms with van der Waals surface area (Å²) in [4.78, 5) is 21.3. The molecule has 9 nitrogen and oxygen atoms in total. The number of carbonyl (C=O) groups excluding carboxylic acids is 1. The Bertz CT molecular complexity index is 1380. The van der Waals surface area contributed by atoms with Crippen LogP contribution in [0.5, 0.6) is 11.5 Å². The number of ether oxygens (including phenoxy) is 2. The van der Waals surface area contributed by atoms with Gasteiger partial charge in [0.1, 0.15) is 18.1 Å². The number of nitrogens with zero attached hydrogens (tertiary/aromatic N) is 5. The lowest BCUT2D eigenvalue weighted by atomic mass is 10.2. The van der Waals surface area contributed by atoms with Crippen LogP contribution in [0.15, 0.2) is 65.3 Å². The number of halogens is 1. The van der Waals surface area contributed by atoms with E-state index in [2.05, 4.69) is 10.1 Å². The normalized spacial score (nSPS) is 15.0. The highest BCUT2D eigenvalue weighted by atomic mass is 19.1. The van der Waals surface area contributed by atoms with Gasteiger partial charge in [0.25, 0.3) is 5.89 Å². The standard InChI is InChI=1S/C25H22FN5O4/c26-18-4-1-2-5-19(18)29-10-12-30(13-11-29)23(32)15-31-9-3-6-20(31)25-27-24(28-35-25)17-7-8-21-22(14-17)34-16-33-21/h1-9,14H,10-13,15-16H2. The lowest BCUT2D eigenvalue weighted by Crippen LogP contribution is -2.49. The van der Waals surface area contributed by atoms with Crippen LogP contribution in [-0.2, 0) is 11.3 Å². The van der Waals surface area contributed by atoms with Crippen molar-refractivity contribution < 1.29 is 23.2 Å². The zero-order chi connectivity index (χ0) is 23.8. The van der Waals surface area contributed by atoms with E-state index in [1.807, 2.05) is 35.4 Å². The summed E-state index contributed by atoms with van der Waals surface area (Å²) in [5.74, 6) is 1.79. The summed E-state index contributed by atoms with van der Waals surface area (Å²) in [6, 6.07) is 15.8. The number of piperazine rings is 1. The molecule has 1 amide bonds. The largest absolute Gasteiger partial charge is 0.454 e. The molecule has 0 bridgehead atoms. The first kappa shape index (κ1) is 21.2. The van der Waals surface area contributed by atoms with Crippen LogP contribution in [-0.4, -0.2) is 58.5 Å². The van der Waals surface area contributed by atoms with Crippen molar-refractivity contribution >= 4 is 11.6 Å². The molecule has 178 valence electrons. The summed E-state index contributed by atoms with van der Waals surface area (Å²) in [7, 11) is 0. The smallest absolute Gasteiger partial charge is 0.274 e. The lowest BCUT2D eigenvalue weighted by molar-refractivity contribution is -0.132. The minimum Gasteiger partial charge on any atom is -0.454 e. The molecule has 0 atom stereocenters. The predicted octanol–water partition coefficient (Wildman–Crippen LogP) is 3.42. The van der Waals surface area contributed by atoms with E-state index in [1.165, 1.54) is 6.07 Å². The maximum absolute atomic E-state index is 14.1. The van der Waals surface area contributed by atoms with Crippen LogP contribution in [0.2, 0.25) is 0 Å². The second-order valence-electron chi connectivity index (χ2n) is 8.33. The minimum absolute atomic E-state index is 0.0221. The summed E-state index contributed by atoms with van der Waals surface area (Å²) in [6.07, 6.45) is 1.81. The third-order valence-electron chi connectivity index (χ3n) is 6.24. The van der Waals surface area contributed by atoms with Gasteiger partial charge in [0.05, 0.1) is 5.69 Å². The molecule has 0 N–H and O–H groups in total. The SMILES string of the molecule is O=C(Cn1cccc1-c1nc(-c2ccc3c(c2)OCO3)no1)N1CCN(c2ccccc2F)CC1. The molecule has 0 spiro atoms. The van der Waals surface area contributed by atoms with Gasteiger partial charge in [-0.25, -0.2) is 4.39 Å². The molecule has 1 fully saturated rings. The number of anilines is 1. The molecule has 4 aromatic rings. The van der Waals surface area contributed by atoms with Crippen molar-refractivity contribution in [1.29, 1.82) is 0 Å². The van der Waals surface area contributed by atoms with E-state index in [0.29, 0.717) is 60.8 Å². The second kappa shape index (κ2) is 8.79. The van der Waals surface area contributed by atoms with Gasteiger partial charge in [-0.1, -0.05) is 17.3 Å². The monoisotopic (exact) mass is 475 g/mol. The van der Waals surface area contributed by atoms with E-state index < -0.39 is 0 Å². The zero-order valence-electron chi connectivity index (χ0n) is 18.8. The highest BCUT2D eigenvalue weighted by Crippen LogP contribution is 2.35. The van der Waals surface area contributed by atoms with Gasteiger partial charge in [0.15, 0.2) is 11.5 Å². The Morgan fingerprint density at radius 2 is 1.80 bits per heavy atom. The summed E-state index contributed by atoms with van der Waals surface area (Å²) >= 11 is 0. The summed E-state index contributed by atoms with van der Waals surface area (Å²) in [6.45, 7) is 2.54. The molecular weight excluding hydrogens is 453 g/mol. The van der Waals surface area contributed by atoms with Crippen molar-refractivity contribution in [2.45, 2.75) is 6.54 Å². The summed E-state index contributed by atoms with van der Waals surface area (Å²) < 4.78 is 32.2. The van der Waals surface area contributed by atoms with E-state index in [4.69, 9.17) is 14.0 Å². The number of carbonyl (C=O) groups is 1. The lowest BCUT2D eigenvalue weighted by Gasteiger charge is -2.36. The van der Waals surface area contributed by atoms with Crippen molar-refractivity contribution in [2.75, 3.05) is 37.9 Å². The number of para-hydroxylation sites is 1. The quantitative estimate of drug-likeness (QED) is 0.437. The fourth-order valence-corrected chi connectivity index (χ4v) is 4.38. The molecule has 2 aromatic heterocycles. The number of fused-ring (bicyclic) bond motifs is 1.